The molecule has 0 rings (SSSR count). The smallest absolute Gasteiger partial charge is 0 e. The molecule has 4 heavy (non-hydrogen) atoms. The van der Waals surface area contributed by atoms with Crippen molar-refractivity contribution < 1.29 is 53.1 Å². The van der Waals surface area contributed by atoms with Crippen molar-refractivity contribution in [3.8, 4) is 0 Å². The molecule has 0 aromatic carbocycles. The van der Waals surface area contributed by atoms with Gasteiger partial charge in [-0.25, -0.2) is 0 Å². The van der Waals surface area contributed by atoms with E-state index in [1.54, 1.807) is 0 Å². The molecule has 0 N–H and O–H groups in total. The Kier molecular flexibility index (Phi) is 114. The molecule has 3 heteroatoms. The number of hydrogen-bond donors (Lipinski definition) is 0. The van der Waals surface area contributed by atoms with Gasteiger partial charge in [-0.15, -0.1) is 0 Å². The Morgan fingerprint density at radius 2 is 1.25 bits per heavy atom. The molecule has 0 fully saturated rings. The summed E-state index contributed by atoms with van der Waals surface area (Å²) >= 11 is 0. The summed E-state index contributed by atoms with van der Waals surface area (Å²) in [5.41, 5.74) is 0. The van der Waals surface area contributed by atoms with Crippen molar-refractivity contribution in [1.29, 1.82) is 0 Å². The first-order chi connectivity index (χ1) is 1.00. The molecule has 0 aliphatic carbocycles. The topological polar surface area (TPSA) is 23.1 Å². The Morgan fingerprint density at radius 3 is 1.25 bits per heavy atom. The molecule has 0 saturated heterocycles. The fourth-order valence-corrected chi connectivity index (χ4v) is 0. The van der Waals surface area contributed by atoms with Crippen molar-refractivity contribution >= 4 is 0 Å². The van der Waals surface area contributed by atoms with E-state index < -0.39 is 0 Å². The van der Waals surface area contributed by atoms with Gasteiger partial charge in [-0.05, 0) is 0 Å². The van der Waals surface area contributed by atoms with Gasteiger partial charge in [0, 0.05) is 35.6 Å². The quantitative estimate of drug-likeness (QED) is 0.395. The van der Waals surface area contributed by atoms with Gasteiger partial charge in [0.15, 0.2) is 0 Å². The van der Waals surface area contributed by atoms with Crippen LogP contribution in [0, 0.1) is 35.6 Å². The molecule has 0 aromatic heterocycles. The van der Waals surface area contributed by atoms with Crippen molar-refractivity contribution in [3.63, 3.8) is 0 Å². The second kappa shape index (κ2) is 25.3. The third-order valence-electron chi connectivity index (χ3n) is 0. The maximum Gasteiger partial charge on any atom is 0 e. The molecule has 0 unspecified atom stereocenters. The maximum atomic E-state index is 8.25. The van der Waals surface area contributed by atoms with Crippen molar-refractivity contribution in [2.75, 3.05) is 7.11 Å². The summed E-state index contributed by atoms with van der Waals surface area (Å²) in [5.74, 6) is 0. The number of hydrogen-bond acceptors (Lipinski definition) is 1. The van der Waals surface area contributed by atoms with Gasteiger partial charge in [-0.1, -0.05) is 0 Å². The largest absolute Gasteiger partial charge is 1.00 e. The Balaban J connectivity index is -0.00000000500. The number of rotatable bonds is 0. The fourth-order valence-electron chi connectivity index (χ4n) is 0. The average Bonchev–Trinajstić information content (AvgIpc) is 1.00. The van der Waals surface area contributed by atoms with Gasteiger partial charge in [0.1, 0.15) is 0 Å². The van der Waals surface area contributed by atoms with E-state index in [0.717, 1.165) is 7.11 Å². The minimum atomic E-state index is 0. The molecular weight excluding hydrogens is 202 g/mol. The Labute approximate surface area is 59.8 Å². The van der Waals surface area contributed by atoms with Crippen LogP contribution < -0.4 is 17.5 Å². The second-order valence-corrected chi connectivity index (χ2v) is 0. The predicted octanol–water partition coefficient (Wildman–Crippen LogP) is -4.02. The summed E-state index contributed by atoms with van der Waals surface area (Å²) in [6.07, 6.45) is 0. The summed E-state index contributed by atoms with van der Waals surface area (Å²) in [6.45, 7) is 0. The predicted molar refractivity (Wildman–Crippen MR) is 5.92 cm³/mol. The molecule has 0 atom stereocenters. The van der Waals surface area contributed by atoms with E-state index in [1.807, 2.05) is 0 Å². The van der Waals surface area contributed by atoms with Crippen LogP contribution in [0.2, 0.25) is 0 Å². The molecule has 0 amide bonds. The van der Waals surface area contributed by atoms with Gasteiger partial charge < -0.3 is 17.5 Å². The summed E-state index contributed by atoms with van der Waals surface area (Å²) in [7, 11) is 0.750. The van der Waals surface area contributed by atoms with E-state index in [0.29, 0.717) is 0 Å². The van der Waals surface area contributed by atoms with Crippen LogP contribution in [0.15, 0.2) is 0 Å². The summed E-state index contributed by atoms with van der Waals surface area (Å²) in [4.78, 5) is 0. The SMILES string of the molecule is C[O-].[Cl-].[La]. The molecule has 0 saturated carbocycles. The van der Waals surface area contributed by atoms with Crippen molar-refractivity contribution in [1.82, 2.24) is 0 Å². The average molecular weight is 205 g/mol. The first kappa shape index (κ1) is 18.0. The van der Waals surface area contributed by atoms with Crippen LogP contribution in [-0.4, -0.2) is 7.11 Å². The van der Waals surface area contributed by atoms with Gasteiger partial charge in [-0.2, -0.15) is 7.11 Å². The normalized spacial score (nSPS) is 1.50. The zero-order chi connectivity index (χ0) is 2.00. The molecule has 0 spiro atoms. The number of halogens is 1. The molecule has 0 aliphatic rings. The van der Waals surface area contributed by atoms with Crippen LogP contribution >= 0.6 is 0 Å². The zero-order valence-corrected chi connectivity index (χ0v) is 6.75. The standard InChI is InChI=1S/CH3O.ClH.La/c1-2;;/h1H3;1H;/q-1;;/p-1. The minimum Gasteiger partial charge on any atom is -1.00 e. The van der Waals surface area contributed by atoms with Gasteiger partial charge >= 0.3 is 0 Å². The van der Waals surface area contributed by atoms with E-state index in [-0.39, 0.29) is 48.0 Å². The first-order valence-corrected chi connectivity index (χ1v) is 0.408. The van der Waals surface area contributed by atoms with Gasteiger partial charge in [-0.3, -0.25) is 0 Å². The van der Waals surface area contributed by atoms with Crippen molar-refractivity contribution in [3.05, 3.63) is 0 Å². The maximum absolute atomic E-state index is 8.25. The Bertz CT molecular complexity index is 8.00. The van der Waals surface area contributed by atoms with E-state index in [9.17, 15) is 0 Å². The van der Waals surface area contributed by atoms with Crippen molar-refractivity contribution in [2.24, 2.45) is 0 Å². The fraction of sp³-hybridized carbons (Fsp3) is 1.00. The van der Waals surface area contributed by atoms with Crippen LogP contribution in [-0.2, 0) is 0 Å². The molecule has 1 radical (unpaired) electrons. The van der Waals surface area contributed by atoms with Crippen LogP contribution in [0.4, 0.5) is 0 Å². The first-order valence-electron chi connectivity index (χ1n) is 0.408. The van der Waals surface area contributed by atoms with E-state index >= 15 is 0 Å². The Hall–Kier alpha value is 1.44. The minimum absolute atomic E-state index is 0. The Morgan fingerprint density at radius 1 is 1.25 bits per heavy atom. The van der Waals surface area contributed by atoms with Crippen LogP contribution in [0.25, 0.3) is 0 Å². The van der Waals surface area contributed by atoms with E-state index in [4.69, 9.17) is 5.11 Å². The zero-order valence-electron chi connectivity index (χ0n) is 2.36. The molecule has 1 nitrogen and oxygen atoms in total. The van der Waals surface area contributed by atoms with Crippen LogP contribution in [0.1, 0.15) is 0 Å². The summed E-state index contributed by atoms with van der Waals surface area (Å²) < 4.78 is 0. The van der Waals surface area contributed by atoms with Crippen LogP contribution in [0.3, 0.4) is 0 Å². The summed E-state index contributed by atoms with van der Waals surface area (Å²) in [5, 5.41) is 8.25. The van der Waals surface area contributed by atoms with Crippen molar-refractivity contribution in [2.45, 2.75) is 0 Å². The molecule has 0 aliphatic heterocycles. The van der Waals surface area contributed by atoms with E-state index in [2.05, 4.69) is 0 Å². The third-order valence-corrected chi connectivity index (χ3v) is 0. The third kappa shape index (κ3) is 9.86. The molecule has 0 bridgehead atoms. The monoisotopic (exact) mass is 205 g/mol. The molecule has 0 aromatic rings. The van der Waals surface area contributed by atoms with Crippen LogP contribution in [0.5, 0.6) is 0 Å². The second-order valence-electron chi connectivity index (χ2n) is 0. The molecule has 0 heterocycles. The molecule has 25 valence electrons. The molecular formula is CH3ClLaO-2. The summed E-state index contributed by atoms with van der Waals surface area (Å²) in [6, 6.07) is 0. The van der Waals surface area contributed by atoms with E-state index in [1.165, 1.54) is 0 Å². The van der Waals surface area contributed by atoms with Gasteiger partial charge in [0.25, 0.3) is 0 Å². The van der Waals surface area contributed by atoms with Gasteiger partial charge in [0.2, 0.25) is 0 Å². The van der Waals surface area contributed by atoms with Gasteiger partial charge in [0.05, 0.1) is 0 Å².